The molecule has 134 valence electrons. The number of amides is 1. The van der Waals surface area contributed by atoms with Crippen LogP contribution >= 0.6 is 34.7 Å². The van der Waals surface area contributed by atoms with Crippen LogP contribution in [-0.2, 0) is 17.5 Å². The quantitative estimate of drug-likeness (QED) is 0.567. The number of carbonyl (C=O) groups excluding carboxylic acids is 2. The van der Waals surface area contributed by atoms with E-state index >= 15 is 0 Å². The number of halogens is 4. The number of thiophene rings is 1. The number of rotatable bonds is 6. The van der Waals surface area contributed by atoms with Crippen molar-refractivity contribution >= 4 is 46.4 Å². The third kappa shape index (κ3) is 5.72. The summed E-state index contributed by atoms with van der Waals surface area (Å²) < 4.78 is 37.7. The molecule has 0 aliphatic rings. The van der Waals surface area contributed by atoms with E-state index in [0.717, 1.165) is 22.7 Å². The van der Waals surface area contributed by atoms with Crippen molar-refractivity contribution < 1.29 is 22.8 Å². The largest absolute Gasteiger partial charge is 0.417 e. The molecule has 2 rings (SSSR count). The molecule has 0 bridgehead atoms. The van der Waals surface area contributed by atoms with Gasteiger partial charge >= 0.3 is 6.18 Å². The van der Waals surface area contributed by atoms with Gasteiger partial charge in [-0.15, -0.1) is 11.3 Å². The number of Topliss-reactive ketones (excluding diaryl/α,β-unsaturated/α-hetero) is 1. The van der Waals surface area contributed by atoms with Crippen LogP contribution in [0.25, 0.3) is 0 Å². The Labute approximate surface area is 154 Å². The zero-order chi connectivity index (χ0) is 18.6. The molecule has 1 amide bonds. The first-order chi connectivity index (χ1) is 11.7. The average Bonchev–Trinajstić information content (AvgIpc) is 2.99. The highest BCUT2D eigenvalue weighted by Gasteiger charge is 2.31. The number of nitrogens with zero attached hydrogens (tertiary/aromatic N) is 1. The van der Waals surface area contributed by atoms with Gasteiger partial charge in [-0.05, 0) is 18.2 Å². The number of hydrogen-bond acceptors (Lipinski definition) is 5. The lowest BCUT2D eigenvalue weighted by molar-refractivity contribution is -0.137. The Morgan fingerprint density at radius 1 is 1.36 bits per heavy atom. The van der Waals surface area contributed by atoms with Crippen LogP contribution in [0.4, 0.5) is 13.2 Å². The molecule has 4 nitrogen and oxygen atoms in total. The van der Waals surface area contributed by atoms with E-state index in [4.69, 9.17) is 11.6 Å². The smallest absolute Gasteiger partial charge is 0.351 e. The zero-order valence-corrected chi connectivity index (χ0v) is 15.2. The molecular formula is C15H12ClF3N2O2S2. The zero-order valence-electron chi connectivity index (χ0n) is 12.8. The highest BCUT2D eigenvalue weighted by molar-refractivity contribution is 8.00. The van der Waals surface area contributed by atoms with Crippen molar-refractivity contribution in [3.63, 3.8) is 0 Å². The van der Waals surface area contributed by atoms with E-state index in [1.54, 1.807) is 12.1 Å². The van der Waals surface area contributed by atoms with Gasteiger partial charge in [0.2, 0.25) is 5.91 Å². The molecule has 2 aromatic heterocycles. The number of pyridine rings is 1. The molecule has 0 aliphatic carbocycles. The van der Waals surface area contributed by atoms with Gasteiger partial charge in [-0.25, -0.2) is 4.98 Å². The lowest BCUT2D eigenvalue weighted by Gasteiger charge is -2.08. The van der Waals surface area contributed by atoms with Crippen LogP contribution in [0.3, 0.4) is 0 Å². The van der Waals surface area contributed by atoms with Crippen molar-refractivity contribution in [2.24, 2.45) is 0 Å². The van der Waals surface area contributed by atoms with Gasteiger partial charge in [0.25, 0.3) is 0 Å². The Hall–Kier alpha value is -1.58. The van der Waals surface area contributed by atoms with Gasteiger partial charge in [-0.2, -0.15) is 13.2 Å². The van der Waals surface area contributed by atoms with Crippen molar-refractivity contribution in [1.29, 1.82) is 0 Å². The second-order valence-electron chi connectivity index (χ2n) is 4.90. The van der Waals surface area contributed by atoms with Crippen LogP contribution in [0.1, 0.15) is 27.0 Å². The number of carbonyl (C=O) groups is 2. The van der Waals surface area contributed by atoms with Crippen molar-refractivity contribution in [1.82, 2.24) is 10.3 Å². The van der Waals surface area contributed by atoms with E-state index in [-0.39, 0.29) is 27.5 Å². The summed E-state index contributed by atoms with van der Waals surface area (Å²) in [5, 5.41) is 2.65. The third-order valence-electron chi connectivity index (χ3n) is 2.92. The fourth-order valence-electron chi connectivity index (χ4n) is 1.73. The second kappa shape index (κ2) is 8.20. The topological polar surface area (TPSA) is 59.1 Å². The number of aromatic nitrogens is 1. The van der Waals surface area contributed by atoms with Crippen molar-refractivity contribution in [3.05, 3.63) is 44.7 Å². The molecule has 0 aromatic carbocycles. The number of hydrogen-bond donors (Lipinski definition) is 1. The summed E-state index contributed by atoms with van der Waals surface area (Å²) in [5.74, 6) is -0.361. The fraction of sp³-hybridized carbons (Fsp3) is 0.267. The number of thioether (sulfide) groups is 1. The van der Waals surface area contributed by atoms with Crippen molar-refractivity contribution in [2.75, 3.05) is 5.75 Å². The van der Waals surface area contributed by atoms with E-state index in [2.05, 4.69) is 10.3 Å². The van der Waals surface area contributed by atoms with Crippen LogP contribution < -0.4 is 5.32 Å². The Bertz CT molecular complexity index is 793. The van der Waals surface area contributed by atoms with Gasteiger partial charge in [0.15, 0.2) is 5.78 Å². The maximum atomic E-state index is 12.6. The van der Waals surface area contributed by atoms with Crippen LogP contribution in [0.2, 0.25) is 5.02 Å². The molecule has 0 saturated heterocycles. The number of nitrogens with one attached hydrogen (secondary N) is 1. The van der Waals surface area contributed by atoms with Crippen molar-refractivity contribution in [2.45, 2.75) is 24.7 Å². The monoisotopic (exact) mass is 408 g/mol. The molecular weight excluding hydrogens is 397 g/mol. The minimum atomic E-state index is -4.52. The highest BCUT2D eigenvalue weighted by atomic mass is 35.5. The SMILES string of the molecule is CC(=O)NCc1ccc(C(=O)CSc2ncc(C(F)(F)F)cc2Cl)s1. The second-order valence-corrected chi connectivity index (χ2v) is 7.44. The molecule has 0 radical (unpaired) electrons. The molecule has 0 saturated carbocycles. The number of ketones is 1. The molecule has 1 N–H and O–H groups in total. The molecule has 0 atom stereocenters. The van der Waals surface area contributed by atoms with E-state index in [1.807, 2.05) is 0 Å². The molecule has 0 aliphatic heterocycles. The fourth-order valence-corrected chi connectivity index (χ4v) is 3.78. The summed E-state index contributed by atoms with van der Waals surface area (Å²) in [7, 11) is 0. The Balaban J connectivity index is 1.97. The van der Waals surface area contributed by atoms with Crippen LogP contribution in [0, 0.1) is 0 Å². The van der Waals surface area contributed by atoms with Crippen LogP contribution in [-0.4, -0.2) is 22.4 Å². The Morgan fingerprint density at radius 2 is 2.08 bits per heavy atom. The first-order valence-corrected chi connectivity index (χ1v) is 9.06. The predicted molar refractivity (Wildman–Crippen MR) is 91.1 cm³/mol. The minimum Gasteiger partial charge on any atom is -0.351 e. The van der Waals surface area contributed by atoms with Crippen LogP contribution in [0.5, 0.6) is 0 Å². The van der Waals surface area contributed by atoms with E-state index in [9.17, 15) is 22.8 Å². The lowest BCUT2D eigenvalue weighted by Crippen LogP contribution is -2.18. The molecule has 0 spiro atoms. The van der Waals surface area contributed by atoms with E-state index in [0.29, 0.717) is 17.6 Å². The first-order valence-electron chi connectivity index (χ1n) is 6.88. The van der Waals surface area contributed by atoms with Gasteiger partial charge in [0, 0.05) is 18.0 Å². The standard InChI is InChI=1S/C15H12ClF3N2O2S2/c1-8(22)20-6-10-2-3-13(25-10)12(23)7-24-14-11(16)4-9(5-21-14)15(17,18)19/h2-5H,6-7H2,1H3,(H,20,22). The van der Waals surface area contributed by atoms with Crippen molar-refractivity contribution in [3.8, 4) is 0 Å². The van der Waals surface area contributed by atoms with E-state index in [1.165, 1.54) is 18.3 Å². The first kappa shape index (κ1) is 19.7. The van der Waals surface area contributed by atoms with Gasteiger partial charge in [-0.1, -0.05) is 23.4 Å². The lowest BCUT2D eigenvalue weighted by atomic mass is 10.3. The van der Waals surface area contributed by atoms with Gasteiger partial charge in [-0.3, -0.25) is 9.59 Å². The molecule has 2 aromatic rings. The maximum Gasteiger partial charge on any atom is 0.417 e. The van der Waals surface area contributed by atoms with Crippen LogP contribution in [0.15, 0.2) is 29.4 Å². The summed E-state index contributed by atoms with van der Waals surface area (Å²) >= 11 is 8.03. The van der Waals surface area contributed by atoms with Gasteiger partial charge in [0.1, 0.15) is 5.03 Å². The highest BCUT2D eigenvalue weighted by Crippen LogP contribution is 2.34. The summed E-state index contributed by atoms with van der Waals surface area (Å²) in [4.78, 5) is 28.0. The molecule has 25 heavy (non-hydrogen) atoms. The van der Waals surface area contributed by atoms with Gasteiger partial charge in [0.05, 0.1) is 27.8 Å². The van der Waals surface area contributed by atoms with Gasteiger partial charge < -0.3 is 5.32 Å². The molecule has 0 unspecified atom stereocenters. The summed E-state index contributed by atoms with van der Waals surface area (Å²) in [5.41, 5.74) is -0.936. The molecule has 0 fully saturated rings. The third-order valence-corrected chi connectivity index (χ3v) is 5.45. The Morgan fingerprint density at radius 3 is 2.68 bits per heavy atom. The Kier molecular flexibility index (Phi) is 6.47. The maximum absolute atomic E-state index is 12.6. The number of alkyl halides is 3. The predicted octanol–water partition coefficient (Wildman–Crippen LogP) is 4.43. The van der Waals surface area contributed by atoms with E-state index < -0.39 is 11.7 Å². The normalized spacial score (nSPS) is 11.4. The summed E-state index contributed by atoms with van der Waals surface area (Å²) in [6, 6.07) is 4.17. The summed E-state index contributed by atoms with van der Waals surface area (Å²) in [6.45, 7) is 1.74. The minimum absolute atomic E-state index is 0.00181. The summed E-state index contributed by atoms with van der Waals surface area (Å²) in [6.07, 6.45) is -3.83. The molecule has 2 heterocycles. The molecule has 10 heteroatoms. The average molecular weight is 409 g/mol.